The number of nitrogens with zero attached hydrogens (tertiary/aromatic N) is 2. The SMILES string of the molecule is CCc1cc2c(cc1C(=O)N=C(N)N)S(=O)(=O)CC2N(C)C. The average molecular weight is 324 g/mol. The van der Waals surface area contributed by atoms with Crippen LogP contribution in [0.1, 0.15) is 34.5 Å². The van der Waals surface area contributed by atoms with Crippen molar-refractivity contribution >= 4 is 21.7 Å². The second kappa shape index (κ2) is 5.69. The van der Waals surface area contributed by atoms with Gasteiger partial charge in [0.25, 0.3) is 5.91 Å². The first-order valence-electron chi connectivity index (χ1n) is 6.87. The highest BCUT2D eigenvalue weighted by atomic mass is 32.2. The molecule has 1 aromatic carbocycles. The largest absolute Gasteiger partial charge is 0.370 e. The number of rotatable bonds is 3. The third-order valence-corrected chi connectivity index (χ3v) is 5.55. The molecule has 2 rings (SSSR count). The van der Waals surface area contributed by atoms with Crippen molar-refractivity contribution in [1.29, 1.82) is 0 Å². The zero-order valence-electron chi connectivity index (χ0n) is 12.8. The summed E-state index contributed by atoms with van der Waals surface area (Å²) in [6.45, 7) is 1.89. The molecule has 0 aliphatic carbocycles. The van der Waals surface area contributed by atoms with Crippen LogP contribution in [0.15, 0.2) is 22.0 Å². The van der Waals surface area contributed by atoms with E-state index in [1.807, 2.05) is 25.9 Å². The molecule has 4 N–H and O–H groups in total. The fraction of sp³-hybridized carbons (Fsp3) is 0.429. The molecule has 0 saturated heterocycles. The molecule has 7 nitrogen and oxygen atoms in total. The van der Waals surface area contributed by atoms with Crippen molar-refractivity contribution in [1.82, 2.24) is 4.90 Å². The number of nitrogens with two attached hydrogens (primary N) is 2. The molecule has 0 fully saturated rings. The van der Waals surface area contributed by atoms with Gasteiger partial charge in [-0.2, -0.15) is 4.99 Å². The first-order valence-corrected chi connectivity index (χ1v) is 8.52. The normalized spacial score (nSPS) is 19.0. The number of amides is 1. The molecule has 0 spiro atoms. The highest BCUT2D eigenvalue weighted by Crippen LogP contribution is 2.38. The fourth-order valence-electron chi connectivity index (χ4n) is 2.66. The van der Waals surface area contributed by atoms with Gasteiger partial charge in [-0.3, -0.25) is 4.79 Å². The van der Waals surface area contributed by atoms with Gasteiger partial charge in [-0.25, -0.2) is 8.42 Å². The molecule has 0 saturated carbocycles. The van der Waals surface area contributed by atoms with Crippen LogP contribution in [0.4, 0.5) is 0 Å². The Morgan fingerprint density at radius 3 is 2.50 bits per heavy atom. The molecule has 22 heavy (non-hydrogen) atoms. The van der Waals surface area contributed by atoms with Crippen LogP contribution in [-0.4, -0.2) is 45.0 Å². The number of aliphatic imine (C=N–C) groups is 1. The quantitative estimate of drug-likeness (QED) is 0.599. The number of hydrogen-bond donors (Lipinski definition) is 2. The summed E-state index contributed by atoms with van der Waals surface area (Å²) in [6.07, 6.45) is 0.578. The van der Waals surface area contributed by atoms with Crippen LogP contribution in [0.2, 0.25) is 0 Å². The van der Waals surface area contributed by atoms with Gasteiger partial charge in [0, 0.05) is 11.6 Å². The summed E-state index contributed by atoms with van der Waals surface area (Å²) in [5.74, 6) is -0.956. The van der Waals surface area contributed by atoms with E-state index in [1.165, 1.54) is 6.07 Å². The minimum Gasteiger partial charge on any atom is -0.370 e. The van der Waals surface area contributed by atoms with Gasteiger partial charge in [0.1, 0.15) is 0 Å². The third-order valence-electron chi connectivity index (χ3n) is 3.77. The maximum Gasteiger partial charge on any atom is 0.280 e. The molecule has 1 unspecified atom stereocenters. The fourth-order valence-corrected chi connectivity index (χ4v) is 4.58. The van der Waals surface area contributed by atoms with Crippen LogP contribution < -0.4 is 11.5 Å². The lowest BCUT2D eigenvalue weighted by molar-refractivity contribution is 0.100. The summed E-state index contributed by atoms with van der Waals surface area (Å²) >= 11 is 0. The number of carbonyl (C=O) groups is 1. The molecule has 1 heterocycles. The van der Waals surface area contributed by atoms with E-state index in [0.29, 0.717) is 6.42 Å². The predicted octanol–water partition coefficient (Wildman–Crippen LogP) is 0.0526. The summed E-state index contributed by atoms with van der Waals surface area (Å²) in [5, 5.41) is 0. The number of benzene rings is 1. The molecule has 0 radical (unpaired) electrons. The Morgan fingerprint density at radius 2 is 2.00 bits per heavy atom. The van der Waals surface area contributed by atoms with Gasteiger partial charge in [-0.1, -0.05) is 13.0 Å². The van der Waals surface area contributed by atoms with Crippen LogP contribution in [0.25, 0.3) is 0 Å². The number of carbonyl (C=O) groups excluding carboxylic acids is 1. The lowest BCUT2D eigenvalue weighted by atomic mass is 9.98. The summed E-state index contributed by atoms with van der Waals surface area (Å²) in [5.41, 5.74) is 12.2. The van der Waals surface area contributed by atoms with E-state index in [0.717, 1.165) is 11.1 Å². The van der Waals surface area contributed by atoms with Crippen molar-refractivity contribution in [2.45, 2.75) is 24.3 Å². The number of sulfone groups is 1. The maximum atomic E-state index is 12.3. The second-order valence-corrected chi connectivity index (χ2v) is 7.51. The zero-order valence-corrected chi connectivity index (χ0v) is 13.6. The van der Waals surface area contributed by atoms with Gasteiger partial charge < -0.3 is 16.4 Å². The first kappa shape index (κ1) is 16.4. The van der Waals surface area contributed by atoms with Gasteiger partial charge in [0.2, 0.25) is 0 Å². The van der Waals surface area contributed by atoms with E-state index in [-0.39, 0.29) is 28.2 Å². The summed E-state index contributed by atoms with van der Waals surface area (Å²) in [6, 6.07) is 2.97. The van der Waals surface area contributed by atoms with Crippen molar-refractivity contribution in [3.05, 3.63) is 28.8 Å². The van der Waals surface area contributed by atoms with E-state index in [1.54, 1.807) is 6.07 Å². The monoisotopic (exact) mass is 324 g/mol. The molecule has 1 aliphatic rings. The Bertz CT molecular complexity index is 750. The highest BCUT2D eigenvalue weighted by molar-refractivity contribution is 7.91. The molecule has 120 valence electrons. The minimum atomic E-state index is -3.41. The van der Waals surface area contributed by atoms with Crippen LogP contribution in [-0.2, 0) is 16.3 Å². The van der Waals surface area contributed by atoms with Crippen molar-refractivity contribution in [3.8, 4) is 0 Å². The van der Waals surface area contributed by atoms with E-state index < -0.39 is 15.7 Å². The Labute approximate surface area is 129 Å². The minimum absolute atomic E-state index is 0.0123. The average Bonchev–Trinajstić information content (AvgIpc) is 2.68. The van der Waals surface area contributed by atoms with Gasteiger partial charge in [0.15, 0.2) is 15.8 Å². The summed E-state index contributed by atoms with van der Waals surface area (Å²) in [4.78, 5) is 17.7. The van der Waals surface area contributed by atoms with E-state index in [4.69, 9.17) is 11.5 Å². The molecule has 1 aromatic rings. The van der Waals surface area contributed by atoms with Crippen molar-refractivity contribution in [2.75, 3.05) is 19.8 Å². The molecular formula is C14H20N4O3S. The maximum absolute atomic E-state index is 12.3. The van der Waals surface area contributed by atoms with E-state index in [9.17, 15) is 13.2 Å². The number of guanidine groups is 1. The molecule has 1 atom stereocenters. The van der Waals surface area contributed by atoms with Crippen LogP contribution in [0.3, 0.4) is 0 Å². The summed E-state index contributed by atoms with van der Waals surface area (Å²) in [7, 11) is 0.251. The van der Waals surface area contributed by atoms with Crippen molar-refractivity contribution < 1.29 is 13.2 Å². The Hall–Kier alpha value is -1.93. The smallest absolute Gasteiger partial charge is 0.280 e. The predicted molar refractivity (Wildman–Crippen MR) is 84.4 cm³/mol. The highest BCUT2D eigenvalue weighted by Gasteiger charge is 2.37. The summed E-state index contributed by atoms with van der Waals surface area (Å²) < 4.78 is 24.7. The molecule has 8 heteroatoms. The number of hydrogen-bond acceptors (Lipinski definition) is 4. The van der Waals surface area contributed by atoms with Gasteiger partial charge in [0.05, 0.1) is 10.6 Å². The number of aryl methyl sites for hydroxylation is 1. The van der Waals surface area contributed by atoms with Gasteiger partial charge in [-0.15, -0.1) is 0 Å². The van der Waals surface area contributed by atoms with Crippen LogP contribution >= 0.6 is 0 Å². The Morgan fingerprint density at radius 1 is 1.36 bits per heavy atom. The molecule has 1 amide bonds. The van der Waals surface area contributed by atoms with Gasteiger partial charge in [-0.05, 0) is 37.7 Å². The lowest BCUT2D eigenvalue weighted by Crippen LogP contribution is -2.24. The molecule has 1 aliphatic heterocycles. The van der Waals surface area contributed by atoms with Crippen LogP contribution in [0, 0.1) is 0 Å². The molecule has 0 aromatic heterocycles. The molecular weight excluding hydrogens is 304 g/mol. The molecule has 0 bridgehead atoms. The van der Waals surface area contributed by atoms with E-state index >= 15 is 0 Å². The first-order chi connectivity index (χ1) is 10.2. The van der Waals surface area contributed by atoms with Crippen LogP contribution in [0.5, 0.6) is 0 Å². The van der Waals surface area contributed by atoms with Crippen molar-refractivity contribution in [3.63, 3.8) is 0 Å². The Kier molecular flexibility index (Phi) is 4.25. The van der Waals surface area contributed by atoms with Gasteiger partial charge >= 0.3 is 0 Å². The van der Waals surface area contributed by atoms with Crippen molar-refractivity contribution in [2.24, 2.45) is 16.5 Å². The lowest BCUT2D eigenvalue weighted by Gasteiger charge is -2.19. The topological polar surface area (TPSA) is 119 Å². The standard InChI is InChI=1S/C14H20N4O3S/c1-4-8-5-10-11(18(2)3)7-22(20,21)12(10)6-9(8)13(19)17-14(15)16/h5-6,11H,4,7H2,1-3H3,(H4,15,16,17,19). The third kappa shape index (κ3) is 2.84. The Balaban J connectivity index is 2.67. The second-order valence-electron chi connectivity index (χ2n) is 5.50. The number of fused-ring (bicyclic) bond motifs is 1. The van der Waals surface area contributed by atoms with E-state index in [2.05, 4.69) is 4.99 Å². The zero-order chi connectivity index (χ0) is 16.7.